The molecule has 1 heterocycles. The Morgan fingerprint density at radius 1 is 1.19 bits per heavy atom. The number of piperidine rings is 1. The molecule has 0 unspecified atom stereocenters. The number of aryl methyl sites for hydroxylation is 1. The first-order chi connectivity index (χ1) is 13.1. The fourth-order valence-corrected chi connectivity index (χ4v) is 3.65. The van der Waals surface area contributed by atoms with Crippen molar-refractivity contribution in [1.82, 2.24) is 10.2 Å². The summed E-state index contributed by atoms with van der Waals surface area (Å²) < 4.78 is 5.61. The lowest BCUT2D eigenvalue weighted by Crippen LogP contribution is -2.41. The molecule has 144 valence electrons. The molecule has 1 aliphatic heterocycles. The number of rotatable bonds is 7. The van der Waals surface area contributed by atoms with E-state index in [9.17, 15) is 4.79 Å². The highest BCUT2D eigenvalue weighted by Gasteiger charge is 2.24. The van der Waals surface area contributed by atoms with Crippen LogP contribution in [0.3, 0.4) is 0 Å². The minimum atomic E-state index is 0.0964. The third-order valence-corrected chi connectivity index (χ3v) is 5.25. The molecule has 1 amide bonds. The molecule has 2 aromatic carbocycles. The number of ether oxygens (including phenoxy) is 1. The first-order valence-electron chi connectivity index (χ1n) is 9.55. The van der Waals surface area contributed by atoms with Crippen molar-refractivity contribution in [1.29, 1.82) is 0 Å². The summed E-state index contributed by atoms with van der Waals surface area (Å²) in [6.45, 7) is 5.91. The molecule has 0 saturated carbocycles. The summed E-state index contributed by atoms with van der Waals surface area (Å²) in [6, 6.07) is 16.0. The summed E-state index contributed by atoms with van der Waals surface area (Å²) in [7, 11) is 0. The third kappa shape index (κ3) is 5.98. The molecule has 0 atom stereocenters. The topological polar surface area (TPSA) is 41.6 Å². The molecule has 0 spiro atoms. The van der Waals surface area contributed by atoms with Crippen molar-refractivity contribution < 1.29 is 9.53 Å². The van der Waals surface area contributed by atoms with Gasteiger partial charge in [0.1, 0.15) is 12.4 Å². The van der Waals surface area contributed by atoms with E-state index in [4.69, 9.17) is 16.3 Å². The molecule has 0 bridgehead atoms. The normalized spacial score (nSPS) is 15.5. The lowest BCUT2D eigenvalue weighted by atomic mass is 9.95. The van der Waals surface area contributed by atoms with Crippen LogP contribution in [-0.2, 0) is 11.3 Å². The number of halogens is 1. The molecule has 0 radical (unpaired) electrons. The van der Waals surface area contributed by atoms with Crippen molar-refractivity contribution in [3.63, 3.8) is 0 Å². The Bertz CT molecular complexity index is 757. The van der Waals surface area contributed by atoms with Crippen LogP contribution in [0.5, 0.6) is 5.75 Å². The van der Waals surface area contributed by atoms with E-state index in [1.54, 1.807) is 6.07 Å². The van der Waals surface area contributed by atoms with E-state index in [1.807, 2.05) is 18.2 Å². The molecule has 1 fully saturated rings. The predicted octanol–water partition coefficient (Wildman–Crippen LogP) is 4.06. The van der Waals surface area contributed by atoms with Gasteiger partial charge in [-0.05, 0) is 50.6 Å². The highest BCUT2D eigenvalue weighted by atomic mass is 35.5. The first kappa shape index (κ1) is 19.7. The zero-order valence-corrected chi connectivity index (χ0v) is 16.5. The van der Waals surface area contributed by atoms with Gasteiger partial charge in [0.2, 0.25) is 5.91 Å². The van der Waals surface area contributed by atoms with Crippen molar-refractivity contribution in [3.8, 4) is 5.75 Å². The molecule has 0 aliphatic carbocycles. The number of nitrogens with one attached hydrogen (secondary N) is 1. The smallest absolute Gasteiger partial charge is 0.223 e. The number of carbonyl (C=O) groups is 1. The van der Waals surface area contributed by atoms with Crippen molar-refractivity contribution in [2.75, 3.05) is 26.2 Å². The Balaban J connectivity index is 1.35. The van der Waals surface area contributed by atoms with Gasteiger partial charge in [0.25, 0.3) is 0 Å². The second-order valence-electron chi connectivity index (χ2n) is 7.11. The van der Waals surface area contributed by atoms with Crippen molar-refractivity contribution in [2.45, 2.75) is 26.3 Å². The van der Waals surface area contributed by atoms with E-state index in [1.165, 1.54) is 11.1 Å². The van der Waals surface area contributed by atoms with E-state index in [0.29, 0.717) is 23.9 Å². The fraction of sp³-hybridized carbons (Fsp3) is 0.409. The van der Waals surface area contributed by atoms with Gasteiger partial charge in [0, 0.05) is 12.5 Å². The molecule has 5 heteroatoms. The van der Waals surface area contributed by atoms with Crippen LogP contribution in [-0.4, -0.2) is 37.0 Å². The summed E-state index contributed by atoms with van der Waals surface area (Å²) in [5, 5.41) is 3.58. The number of para-hydroxylation sites is 1. The molecule has 1 N–H and O–H groups in total. The van der Waals surface area contributed by atoms with Crippen molar-refractivity contribution >= 4 is 17.5 Å². The fourth-order valence-electron chi connectivity index (χ4n) is 3.46. The minimum Gasteiger partial charge on any atom is -0.490 e. The van der Waals surface area contributed by atoms with Crippen LogP contribution in [0.25, 0.3) is 0 Å². The van der Waals surface area contributed by atoms with Crippen molar-refractivity contribution in [2.24, 2.45) is 5.92 Å². The number of amides is 1. The summed E-state index contributed by atoms with van der Waals surface area (Å²) in [4.78, 5) is 14.8. The van der Waals surface area contributed by atoms with Gasteiger partial charge in [-0.25, -0.2) is 0 Å². The van der Waals surface area contributed by atoms with Gasteiger partial charge in [0.15, 0.2) is 0 Å². The molecule has 27 heavy (non-hydrogen) atoms. The average molecular weight is 387 g/mol. The number of likely N-dealkylation sites (tertiary alicyclic amines) is 1. The molecule has 1 aliphatic rings. The van der Waals surface area contributed by atoms with Crippen LogP contribution in [0.1, 0.15) is 24.0 Å². The number of carbonyl (C=O) groups excluding carboxylic acids is 1. The van der Waals surface area contributed by atoms with Crippen LogP contribution in [0.4, 0.5) is 0 Å². The van der Waals surface area contributed by atoms with Gasteiger partial charge in [-0.15, -0.1) is 0 Å². The highest BCUT2D eigenvalue weighted by Crippen LogP contribution is 2.23. The maximum Gasteiger partial charge on any atom is 0.223 e. The van der Waals surface area contributed by atoms with Gasteiger partial charge in [-0.2, -0.15) is 0 Å². The maximum atomic E-state index is 12.4. The van der Waals surface area contributed by atoms with Crippen LogP contribution >= 0.6 is 11.6 Å². The number of benzene rings is 2. The van der Waals surface area contributed by atoms with Crippen LogP contribution < -0.4 is 10.1 Å². The summed E-state index contributed by atoms with van der Waals surface area (Å²) >= 11 is 6.05. The Labute approximate surface area is 166 Å². The zero-order valence-electron chi connectivity index (χ0n) is 15.8. The number of nitrogens with zero attached hydrogens (tertiary/aromatic N) is 1. The molecule has 0 aromatic heterocycles. The number of hydrogen-bond acceptors (Lipinski definition) is 3. The molecular weight excluding hydrogens is 360 g/mol. The summed E-state index contributed by atoms with van der Waals surface area (Å²) in [5.41, 5.74) is 2.63. The summed E-state index contributed by atoms with van der Waals surface area (Å²) in [6.07, 6.45) is 1.81. The quantitative estimate of drug-likeness (QED) is 0.730. The second kappa shape index (κ2) is 9.77. The van der Waals surface area contributed by atoms with Crippen LogP contribution in [0.15, 0.2) is 48.5 Å². The highest BCUT2D eigenvalue weighted by molar-refractivity contribution is 6.32. The van der Waals surface area contributed by atoms with Crippen LogP contribution in [0, 0.1) is 12.8 Å². The van der Waals surface area contributed by atoms with Gasteiger partial charge in [-0.3, -0.25) is 9.69 Å². The Hall–Kier alpha value is -2.04. The van der Waals surface area contributed by atoms with E-state index in [2.05, 4.69) is 41.4 Å². The van der Waals surface area contributed by atoms with E-state index < -0.39 is 0 Å². The maximum absolute atomic E-state index is 12.4. The second-order valence-corrected chi connectivity index (χ2v) is 7.52. The Kier molecular flexibility index (Phi) is 7.13. The standard InChI is InChI=1S/C22H27ClN2O2/c1-17-5-4-6-18(15-17)16-25-12-9-19(10-13-25)22(26)24-11-14-27-21-8-3-2-7-20(21)23/h2-8,15,19H,9-14,16H2,1H3,(H,24,26). The minimum absolute atomic E-state index is 0.0964. The molecule has 1 saturated heterocycles. The average Bonchev–Trinajstić information content (AvgIpc) is 2.67. The molecular formula is C22H27ClN2O2. The van der Waals surface area contributed by atoms with Gasteiger partial charge in [0.05, 0.1) is 11.6 Å². The summed E-state index contributed by atoms with van der Waals surface area (Å²) in [5.74, 6) is 0.880. The van der Waals surface area contributed by atoms with Crippen LogP contribution in [0.2, 0.25) is 5.02 Å². The number of hydrogen-bond donors (Lipinski definition) is 1. The van der Waals surface area contributed by atoms with Gasteiger partial charge in [-0.1, -0.05) is 53.6 Å². The first-order valence-corrected chi connectivity index (χ1v) is 9.92. The molecule has 2 aromatic rings. The van der Waals surface area contributed by atoms with E-state index in [-0.39, 0.29) is 11.8 Å². The largest absolute Gasteiger partial charge is 0.490 e. The van der Waals surface area contributed by atoms with E-state index >= 15 is 0 Å². The zero-order chi connectivity index (χ0) is 19.1. The lowest BCUT2D eigenvalue weighted by molar-refractivity contribution is -0.126. The lowest BCUT2D eigenvalue weighted by Gasteiger charge is -2.31. The molecule has 3 rings (SSSR count). The third-order valence-electron chi connectivity index (χ3n) is 4.94. The molecule has 4 nitrogen and oxygen atoms in total. The van der Waals surface area contributed by atoms with Crippen molar-refractivity contribution in [3.05, 3.63) is 64.7 Å². The SMILES string of the molecule is Cc1cccc(CN2CCC(C(=O)NCCOc3ccccc3Cl)CC2)c1. The van der Waals surface area contributed by atoms with Gasteiger partial charge < -0.3 is 10.1 Å². The predicted molar refractivity (Wildman–Crippen MR) is 109 cm³/mol. The Morgan fingerprint density at radius 3 is 2.70 bits per heavy atom. The monoisotopic (exact) mass is 386 g/mol. The van der Waals surface area contributed by atoms with E-state index in [0.717, 1.165) is 32.5 Å². The van der Waals surface area contributed by atoms with Gasteiger partial charge >= 0.3 is 0 Å². The Morgan fingerprint density at radius 2 is 1.96 bits per heavy atom.